The second-order valence-corrected chi connectivity index (χ2v) is 4.46. The minimum atomic E-state index is -0.834. The van der Waals surface area contributed by atoms with Gasteiger partial charge in [0.1, 0.15) is 0 Å². The summed E-state index contributed by atoms with van der Waals surface area (Å²) in [6.07, 6.45) is 0. The van der Waals surface area contributed by atoms with Gasteiger partial charge in [0, 0.05) is 16.6 Å². The SMILES string of the molecule is Cc1ccc2cc(-c3cccc(F)c3F)ccc2n1. The lowest BCUT2D eigenvalue weighted by Gasteiger charge is -2.06. The summed E-state index contributed by atoms with van der Waals surface area (Å²) in [5.74, 6) is -1.65. The number of hydrogen-bond acceptors (Lipinski definition) is 1. The zero-order chi connectivity index (χ0) is 13.4. The summed E-state index contributed by atoms with van der Waals surface area (Å²) in [6, 6.07) is 13.4. The maximum Gasteiger partial charge on any atom is 0.166 e. The summed E-state index contributed by atoms with van der Waals surface area (Å²) < 4.78 is 27.0. The average molecular weight is 255 g/mol. The number of fused-ring (bicyclic) bond motifs is 1. The zero-order valence-electron chi connectivity index (χ0n) is 10.3. The first-order chi connectivity index (χ1) is 9.15. The molecule has 0 aliphatic rings. The molecule has 0 radical (unpaired) electrons. The minimum absolute atomic E-state index is 0.266. The molecule has 0 fully saturated rings. The van der Waals surface area contributed by atoms with Gasteiger partial charge in [0.15, 0.2) is 11.6 Å². The highest BCUT2D eigenvalue weighted by Gasteiger charge is 2.10. The summed E-state index contributed by atoms with van der Waals surface area (Å²) in [5.41, 5.74) is 2.69. The maximum atomic E-state index is 13.8. The van der Waals surface area contributed by atoms with Gasteiger partial charge in [-0.1, -0.05) is 24.3 Å². The molecule has 3 heteroatoms. The molecule has 3 rings (SSSR count). The van der Waals surface area contributed by atoms with Crippen LogP contribution in [0.5, 0.6) is 0 Å². The maximum absolute atomic E-state index is 13.8. The predicted molar refractivity (Wildman–Crippen MR) is 71.8 cm³/mol. The quantitative estimate of drug-likeness (QED) is 0.624. The number of aryl methyl sites for hydroxylation is 1. The van der Waals surface area contributed by atoms with Gasteiger partial charge in [-0.3, -0.25) is 4.98 Å². The molecule has 0 bridgehead atoms. The van der Waals surface area contributed by atoms with Gasteiger partial charge < -0.3 is 0 Å². The summed E-state index contributed by atoms with van der Waals surface area (Å²) in [5, 5.41) is 0.909. The van der Waals surface area contributed by atoms with Crippen LogP contribution >= 0.6 is 0 Å². The number of aromatic nitrogens is 1. The molecular weight excluding hydrogens is 244 g/mol. The molecule has 0 saturated carbocycles. The Kier molecular flexibility index (Phi) is 2.75. The fourth-order valence-electron chi connectivity index (χ4n) is 2.12. The summed E-state index contributed by atoms with van der Waals surface area (Å²) >= 11 is 0. The molecule has 0 aliphatic carbocycles. The fourth-order valence-corrected chi connectivity index (χ4v) is 2.12. The molecule has 19 heavy (non-hydrogen) atoms. The molecule has 0 atom stereocenters. The van der Waals surface area contributed by atoms with Crippen molar-refractivity contribution in [2.75, 3.05) is 0 Å². The van der Waals surface area contributed by atoms with Crippen LogP contribution in [-0.2, 0) is 0 Å². The zero-order valence-corrected chi connectivity index (χ0v) is 10.3. The van der Waals surface area contributed by atoms with Gasteiger partial charge >= 0.3 is 0 Å². The van der Waals surface area contributed by atoms with Gasteiger partial charge in [-0.2, -0.15) is 0 Å². The van der Waals surface area contributed by atoms with Crippen molar-refractivity contribution in [1.29, 1.82) is 0 Å². The molecule has 0 saturated heterocycles. The first-order valence-corrected chi connectivity index (χ1v) is 5.97. The van der Waals surface area contributed by atoms with Gasteiger partial charge in [0.2, 0.25) is 0 Å². The Morgan fingerprint density at radius 1 is 0.947 bits per heavy atom. The van der Waals surface area contributed by atoms with E-state index in [0.29, 0.717) is 5.56 Å². The Hall–Kier alpha value is -2.29. The molecular formula is C16H11F2N. The van der Waals surface area contributed by atoms with E-state index in [1.165, 1.54) is 6.07 Å². The molecule has 1 heterocycles. The van der Waals surface area contributed by atoms with Crippen molar-refractivity contribution in [3.8, 4) is 11.1 Å². The van der Waals surface area contributed by atoms with Crippen LogP contribution in [0.1, 0.15) is 5.69 Å². The van der Waals surface area contributed by atoms with Gasteiger partial charge in [-0.05, 0) is 36.8 Å². The van der Waals surface area contributed by atoms with Gasteiger partial charge in [-0.15, -0.1) is 0 Å². The van der Waals surface area contributed by atoms with Crippen molar-refractivity contribution in [3.05, 3.63) is 65.9 Å². The molecule has 0 spiro atoms. The predicted octanol–water partition coefficient (Wildman–Crippen LogP) is 4.49. The fraction of sp³-hybridized carbons (Fsp3) is 0.0625. The highest BCUT2D eigenvalue weighted by molar-refractivity contribution is 5.84. The van der Waals surface area contributed by atoms with E-state index >= 15 is 0 Å². The number of rotatable bonds is 1. The number of halogens is 2. The van der Waals surface area contributed by atoms with Gasteiger partial charge in [-0.25, -0.2) is 8.78 Å². The third kappa shape index (κ3) is 2.08. The second kappa shape index (κ2) is 4.43. The molecule has 0 amide bonds. The summed E-state index contributed by atoms with van der Waals surface area (Å²) in [6.45, 7) is 1.92. The van der Waals surface area contributed by atoms with E-state index in [1.54, 1.807) is 12.1 Å². The van der Waals surface area contributed by atoms with E-state index in [4.69, 9.17) is 0 Å². The lowest BCUT2D eigenvalue weighted by molar-refractivity contribution is 0.511. The Bertz CT molecular complexity index is 766. The molecule has 1 aromatic heterocycles. The molecule has 0 N–H and O–H groups in total. The highest BCUT2D eigenvalue weighted by atomic mass is 19.2. The van der Waals surface area contributed by atoms with Crippen LogP contribution in [0.3, 0.4) is 0 Å². The van der Waals surface area contributed by atoms with E-state index in [1.807, 2.05) is 31.2 Å². The molecule has 94 valence electrons. The highest BCUT2D eigenvalue weighted by Crippen LogP contribution is 2.27. The first-order valence-electron chi connectivity index (χ1n) is 5.97. The molecule has 2 aromatic carbocycles. The van der Waals surface area contributed by atoms with Crippen LogP contribution in [0, 0.1) is 18.6 Å². The summed E-state index contributed by atoms with van der Waals surface area (Å²) in [4.78, 5) is 4.38. The van der Waals surface area contributed by atoms with Crippen molar-refractivity contribution < 1.29 is 8.78 Å². The van der Waals surface area contributed by atoms with Crippen molar-refractivity contribution in [1.82, 2.24) is 4.98 Å². The Labute approximate surface area is 109 Å². The van der Waals surface area contributed by atoms with Crippen molar-refractivity contribution in [3.63, 3.8) is 0 Å². The third-order valence-electron chi connectivity index (χ3n) is 3.09. The van der Waals surface area contributed by atoms with Crippen LogP contribution in [0.4, 0.5) is 8.78 Å². The lowest BCUT2D eigenvalue weighted by atomic mass is 10.0. The standard InChI is InChI=1S/C16H11F2N/c1-10-5-6-12-9-11(7-8-15(12)19-10)13-3-2-4-14(17)16(13)18/h2-9H,1H3. The Balaban J connectivity index is 2.20. The molecule has 0 unspecified atom stereocenters. The van der Waals surface area contributed by atoms with E-state index in [2.05, 4.69) is 4.98 Å². The smallest absolute Gasteiger partial charge is 0.166 e. The van der Waals surface area contributed by atoms with Crippen LogP contribution in [0.2, 0.25) is 0 Å². The lowest BCUT2D eigenvalue weighted by Crippen LogP contribution is -1.90. The molecule has 0 aliphatic heterocycles. The Morgan fingerprint density at radius 2 is 1.79 bits per heavy atom. The van der Waals surface area contributed by atoms with Crippen LogP contribution in [0.15, 0.2) is 48.5 Å². The van der Waals surface area contributed by atoms with Gasteiger partial charge in [0.25, 0.3) is 0 Å². The largest absolute Gasteiger partial charge is 0.253 e. The molecule has 1 nitrogen and oxygen atoms in total. The van der Waals surface area contributed by atoms with Crippen LogP contribution in [0.25, 0.3) is 22.0 Å². The number of benzene rings is 2. The monoisotopic (exact) mass is 255 g/mol. The molecule has 3 aromatic rings. The normalized spacial score (nSPS) is 10.9. The van der Waals surface area contributed by atoms with Crippen LogP contribution in [-0.4, -0.2) is 4.98 Å². The third-order valence-corrected chi connectivity index (χ3v) is 3.09. The van der Waals surface area contributed by atoms with Crippen molar-refractivity contribution in [2.24, 2.45) is 0 Å². The second-order valence-electron chi connectivity index (χ2n) is 4.46. The van der Waals surface area contributed by atoms with Crippen molar-refractivity contribution in [2.45, 2.75) is 6.92 Å². The van der Waals surface area contributed by atoms with Gasteiger partial charge in [0.05, 0.1) is 5.52 Å². The Morgan fingerprint density at radius 3 is 2.63 bits per heavy atom. The minimum Gasteiger partial charge on any atom is -0.253 e. The summed E-state index contributed by atoms with van der Waals surface area (Å²) in [7, 11) is 0. The number of pyridine rings is 1. The van der Waals surface area contributed by atoms with E-state index in [9.17, 15) is 8.78 Å². The number of nitrogens with zero attached hydrogens (tertiary/aromatic N) is 1. The topological polar surface area (TPSA) is 12.9 Å². The van der Waals surface area contributed by atoms with Crippen LogP contribution < -0.4 is 0 Å². The number of hydrogen-bond donors (Lipinski definition) is 0. The first kappa shape index (κ1) is 11.8. The van der Waals surface area contributed by atoms with E-state index in [-0.39, 0.29) is 5.56 Å². The van der Waals surface area contributed by atoms with E-state index in [0.717, 1.165) is 22.7 Å². The van der Waals surface area contributed by atoms with Crippen molar-refractivity contribution >= 4 is 10.9 Å². The van der Waals surface area contributed by atoms with E-state index < -0.39 is 11.6 Å². The average Bonchev–Trinajstić information content (AvgIpc) is 2.41.